The van der Waals surface area contributed by atoms with Crippen LogP contribution >= 0.6 is 0 Å². The Kier molecular flexibility index (Phi) is 5.66. The molecule has 0 bridgehead atoms. The maximum absolute atomic E-state index is 6.84. The number of rotatable bonds is 6. The molecule has 0 saturated carbocycles. The van der Waals surface area contributed by atoms with Crippen LogP contribution in [-0.2, 0) is 5.66 Å². The molecular weight excluding hydrogens is 444 g/mol. The predicted octanol–water partition coefficient (Wildman–Crippen LogP) is 5.68. The monoisotopic (exact) mass is 472 g/mol. The van der Waals surface area contributed by atoms with E-state index in [1.165, 1.54) is 5.39 Å². The van der Waals surface area contributed by atoms with E-state index in [4.69, 9.17) is 16.2 Å². The molecule has 5 heteroatoms. The SMILES string of the molecule is NCNC(N)(c1ccccc1)c1ccc(-c2ccc(C3Nc4ccccc4O3)c3ccccc23)cc1. The maximum atomic E-state index is 6.84. The Hall–Kier alpha value is -4.16. The lowest BCUT2D eigenvalue weighted by atomic mass is 9.89. The smallest absolute Gasteiger partial charge is 0.197 e. The highest BCUT2D eigenvalue weighted by atomic mass is 16.5. The van der Waals surface area contributed by atoms with Crippen molar-refractivity contribution in [2.45, 2.75) is 11.9 Å². The Bertz CT molecular complexity index is 1490. The molecule has 6 rings (SSSR count). The second kappa shape index (κ2) is 9.13. The number of para-hydroxylation sites is 2. The van der Waals surface area contributed by atoms with Gasteiger partial charge in [-0.1, -0.05) is 103 Å². The van der Waals surface area contributed by atoms with E-state index in [-0.39, 0.29) is 12.9 Å². The zero-order valence-corrected chi connectivity index (χ0v) is 19.8. The highest BCUT2D eigenvalue weighted by molar-refractivity contribution is 5.99. The second-order valence-electron chi connectivity index (χ2n) is 9.02. The van der Waals surface area contributed by atoms with Gasteiger partial charge in [-0.3, -0.25) is 5.32 Å². The molecule has 0 spiro atoms. The fourth-order valence-corrected chi connectivity index (χ4v) is 5.08. The van der Waals surface area contributed by atoms with Crippen LogP contribution in [0.4, 0.5) is 5.69 Å². The van der Waals surface area contributed by atoms with Crippen LogP contribution in [0.2, 0.25) is 0 Å². The number of nitrogens with one attached hydrogen (secondary N) is 2. The van der Waals surface area contributed by atoms with Gasteiger partial charge < -0.3 is 21.5 Å². The molecule has 6 N–H and O–H groups in total. The van der Waals surface area contributed by atoms with E-state index in [1.807, 2.05) is 54.6 Å². The zero-order chi connectivity index (χ0) is 24.5. The minimum absolute atomic E-state index is 0.227. The van der Waals surface area contributed by atoms with Crippen molar-refractivity contribution in [1.82, 2.24) is 5.32 Å². The molecule has 0 aromatic heterocycles. The summed E-state index contributed by atoms with van der Waals surface area (Å²) < 4.78 is 6.22. The summed E-state index contributed by atoms with van der Waals surface area (Å²) in [5.41, 5.74) is 18.1. The van der Waals surface area contributed by atoms with Crippen LogP contribution in [0.1, 0.15) is 22.9 Å². The van der Waals surface area contributed by atoms with Crippen LogP contribution in [0.3, 0.4) is 0 Å². The van der Waals surface area contributed by atoms with Gasteiger partial charge in [0.1, 0.15) is 11.4 Å². The van der Waals surface area contributed by atoms with E-state index in [1.54, 1.807) is 0 Å². The van der Waals surface area contributed by atoms with E-state index in [2.05, 4.69) is 71.3 Å². The van der Waals surface area contributed by atoms with Crippen LogP contribution in [0.15, 0.2) is 115 Å². The first kappa shape index (κ1) is 22.3. The van der Waals surface area contributed by atoms with Gasteiger partial charge in [-0.2, -0.15) is 0 Å². The van der Waals surface area contributed by atoms with Gasteiger partial charge in [0.2, 0.25) is 0 Å². The Morgan fingerprint density at radius 3 is 2.14 bits per heavy atom. The Labute approximate surface area is 210 Å². The average molecular weight is 473 g/mol. The average Bonchev–Trinajstić information content (AvgIpc) is 3.37. The zero-order valence-electron chi connectivity index (χ0n) is 19.8. The van der Waals surface area contributed by atoms with Crippen molar-refractivity contribution in [2.24, 2.45) is 11.5 Å². The minimum Gasteiger partial charge on any atom is -0.464 e. The van der Waals surface area contributed by atoms with Crippen molar-refractivity contribution < 1.29 is 4.74 Å². The van der Waals surface area contributed by atoms with Crippen LogP contribution < -0.4 is 26.8 Å². The van der Waals surface area contributed by atoms with Gasteiger partial charge in [-0.25, -0.2) is 0 Å². The van der Waals surface area contributed by atoms with Gasteiger partial charge in [-0.15, -0.1) is 0 Å². The molecule has 0 amide bonds. The van der Waals surface area contributed by atoms with Gasteiger partial charge in [-0.05, 0) is 45.2 Å². The van der Waals surface area contributed by atoms with Gasteiger partial charge in [0, 0.05) is 12.2 Å². The van der Waals surface area contributed by atoms with Crippen molar-refractivity contribution in [2.75, 3.05) is 12.0 Å². The normalized spacial score (nSPS) is 16.1. The molecule has 0 aliphatic carbocycles. The summed E-state index contributed by atoms with van der Waals surface area (Å²) in [7, 11) is 0. The number of hydrogen-bond donors (Lipinski definition) is 4. The first-order valence-corrected chi connectivity index (χ1v) is 12.1. The van der Waals surface area contributed by atoms with Crippen molar-refractivity contribution in [3.63, 3.8) is 0 Å². The van der Waals surface area contributed by atoms with E-state index >= 15 is 0 Å². The number of hydrogen-bond acceptors (Lipinski definition) is 5. The molecule has 36 heavy (non-hydrogen) atoms. The number of benzene rings is 5. The molecule has 5 aromatic rings. The van der Waals surface area contributed by atoms with E-state index in [9.17, 15) is 0 Å². The van der Waals surface area contributed by atoms with Gasteiger partial charge >= 0.3 is 0 Å². The van der Waals surface area contributed by atoms with Gasteiger partial charge in [0.05, 0.1) is 5.69 Å². The van der Waals surface area contributed by atoms with Crippen molar-refractivity contribution in [1.29, 1.82) is 0 Å². The lowest BCUT2D eigenvalue weighted by molar-refractivity contribution is 0.261. The first-order valence-electron chi connectivity index (χ1n) is 12.1. The summed E-state index contributed by atoms with van der Waals surface area (Å²) in [6.07, 6.45) is -0.227. The van der Waals surface area contributed by atoms with Crippen LogP contribution in [0.5, 0.6) is 5.75 Å². The molecule has 1 aliphatic rings. The molecule has 178 valence electrons. The largest absolute Gasteiger partial charge is 0.464 e. The molecule has 0 fully saturated rings. The number of fused-ring (bicyclic) bond motifs is 2. The number of anilines is 1. The molecule has 5 nitrogen and oxygen atoms in total. The molecule has 2 unspecified atom stereocenters. The number of nitrogens with two attached hydrogens (primary N) is 2. The van der Waals surface area contributed by atoms with E-state index in [0.29, 0.717) is 0 Å². The van der Waals surface area contributed by atoms with Crippen molar-refractivity contribution >= 4 is 16.5 Å². The van der Waals surface area contributed by atoms with Gasteiger partial charge in [0.25, 0.3) is 0 Å². The topological polar surface area (TPSA) is 85.3 Å². The quantitative estimate of drug-likeness (QED) is 0.239. The predicted molar refractivity (Wildman–Crippen MR) is 146 cm³/mol. The first-order chi connectivity index (χ1) is 17.7. The maximum Gasteiger partial charge on any atom is 0.197 e. The van der Waals surface area contributed by atoms with Gasteiger partial charge in [0.15, 0.2) is 6.23 Å². The summed E-state index contributed by atoms with van der Waals surface area (Å²) in [5.74, 6) is 0.876. The lowest BCUT2D eigenvalue weighted by Gasteiger charge is -2.31. The Balaban J connectivity index is 1.37. The molecular formula is C31H28N4O. The Morgan fingerprint density at radius 2 is 1.39 bits per heavy atom. The molecule has 0 saturated heterocycles. The van der Waals surface area contributed by atoms with Crippen molar-refractivity contribution in [3.8, 4) is 16.9 Å². The fraction of sp³-hybridized carbons (Fsp3) is 0.0968. The third-order valence-corrected chi connectivity index (χ3v) is 6.92. The van der Waals surface area contributed by atoms with Crippen LogP contribution in [-0.4, -0.2) is 6.67 Å². The fourth-order valence-electron chi connectivity index (χ4n) is 5.08. The molecule has 2 atom stereocenters. The third kappa shape index (κ3) is 3.80. The molecule has 5 aromatic carbocycles. The standard InChI is InChI=1S/C31H28N4O/c32-20-34-31(33,22-8-2-1-3-9-22)23-16-14-21(15-17-23)24-18-19-27(26-11-5-4-10-25(24)26)30-35-28-12-6-7-13-29(28)36-30/h1-19,30,34-35H,20,32-33H2. The molecule has 1 heterocycles. The second-order valence-corrected chi connectivity index (χ2v) is 9.02. The number of ether oxygens (including phenoxy) is 1. The summed E-state index contributed by atoms with van der Waals surface area (Å²) in [6.45, 7) is 0.264. The van der Waals surface area contributed by atoms with Crippen LogP contribution in [0.25, 0.3) is 21.9 Å². The summed E-state index contributed by atoms with van der Waals surface area (Å²) in [5, 5.41) is 9.09. The molecule has 1 aliphatic heterocycles. The lowest BCUT2D eigenvalue weighted by Crippen LogP contribution is -2.53. The minimum atomic E-state index is -0.874. The molecule has 0 radical (unpaired) electrons. The highest BCUT2D eigenvalue weighted by Gasteiger charge is 2.29. The van der Waals surface area contributed by atoms with E-state index in [0.717, 1.165) is 44.6 Å². The Morgan fingerprint density at radius 1 is 0.722 bits per heavy atom. The van der Waals surface area contributed by atoms with Crippen molar-refractivity contribution in [3.05, 3.63) is 132 Å². The van der Waals surface area contributed by atoms with Crippen LogP contribution in [0, 0.1) is 0 Å². The summed E-state index contributed by atoms with van der Waals surface area (Å²) in [4.78, 5) is 0. The van der Waals surface area contributed by atoms with E-state index < -0.39 is 5.66 Å². The highest BCUT2D eigenvalue weighted by Crippen LogP contribution is 2.41. The summed E-state index contributed by atoms with van der Waals surface area (Å²) >= 11 is 0. The summed E-state index contributed by atoms with van der Waals surface area (Å²) in [6, 6.07) is 39.2. The third-order valence-electron chi connectivity index (χ3n) is 6.92.